The van der Waals surface area contributed by atoms with Gasteiger partial charge in [0.25, 0.3) is 0 Å². The van der Waals surface area contributed by atoms with Crippen LogP contribution >= 0.6 is 11.6 Å². The van der Waals surface area contributed by atoms with Gasteiger partial charge in [0.05, 0.1) is 24.8 Å². The van der Waals surface area contributed by atoms with Gasteiger partial charge >= 0.3 is 5.63 Å². The number of aryl methyl sites for hydroxylation is 1. The summed E-state index contributed by atoms with van der Waals surface area (Å²) in [6, 6.07) is 9.23. The molecule has 0 aliphatic carbocycles. The molecule has 29 heavy (non-hydrogen) atoms. The van der Waals surface area contributed by atoms with E-state index in [4.69, 9.17) is 30.2 Å². The van der Waals surface area contributed by atoms with E-state index >= 15 is 0 Å². The molecule has 1 unspecified atom stereocenters. The van der Waals surface area contributed by atoms with Crippen molar-refractivity contribution in [3.8, 4) is 17.2 Å². The zero-order chi connectivity index (χ0) is 20.5. The van der Waals surface area contributed by atoms with Crippen LogP contribution in [0.1, 0.15) is 23.6 Å². The lowest BCUT2D eigenvalue weighted by atomic mass is 10.0. The summed E-state index contributed by atoms with van der Waals surface area (Å²) in [5.41, 5.74) is 3.06. The third-order valence-electron chi connectivity index (χ3n) is 5.25. The van der Waals surface area contributed by atoms with Crippen LogP contribution < -0.4 is 24.7 Å². The van der Waals surface area contributed by atoms with Gasteiger partial charge in [-0.15, -0.1) is 0 Å². The van der Waals surface area contributed by atoms with Gasteiger partial charge < -0.3 is 18.6 Å². The lowest BCUT2D eigenvalue weighted by Gasteiger charge is -2.27. The van der Waals surface area contributed by atoms with Gasteiger partial charge in [-0.3, -0.25) is 4.90 Å². The van der Waals surface area contributed by atoms with Crippen LogP contribution in [0.2, 0.25) is 5.02 Å². The number of fused-ring (bicyclic) bond motifs is 3. The molecule has 0 saturated carbocycles. The summed E-state index contributed by atoms with van der Waals surface area (Å²) in [4.78, 5) is 13.2. The lowest BCUT2D eigenvalue weighted by Crippen LogP contribution is -3.10. The normalized spacial score (nSPS) is 15.7. The van der Waals surface area contributed by atoms with Crippen LogP contribution in [0, 0.1) is 0 Å². The molecule has 0 fully saturated rings. The molecule has 1 aliphatic rings. The molecule has 2 aromatic carbocycles. The Hall–Kier alpha value is -2.70. The van der Waals surface area contributed by atoms with Crippen LogP contribution in [0.4, 0.5) is 0 Å². The summed E-state index contributed by atoms with van der Waals surface area (Å²) < 4.78 is 22.3. The van der Waals surface area contributed by atoms with E-state index in [0.717, 1.165) is 33.4 Å². The molecule has 152 valence electrons. The molecular weight excluding hydrogens is 394 g/mol. The van der Waals surface area contributed by atoms with E-state index in [0.29, 0.717) is 47.7 Å². The summed E-state index contributed by atoms with van der Waals surface area (Å²) in [5.74, 6) is 1.99. The predicted molar refractivity (Wildman–Crippen MR) is 110 cm³/mol. The Balaban J connectivity index is 1.70. The van der Waals surface area contributed by atoms with Crippen molar-refractivity contribution in [2.24, 2.45) is 0 Å². The van der Waals surface area contributed by atoms with Crippen LogP contribution in [0.5, 0.6) is 17.2 Å². The third kappa shape index (κ3) is 3.66. The fourth-order valence-corrected chi connectivity index (χ4v) is 4.13. The van der Waals surface area contributed by atoms with Gasteiger partial charge in [0.1, 0.15) is 13.1 Å². The Labute approximate surface area is 173 Å². The fourth-order valence-electron chi connectivity index (χ4n) is 3.85. The highest BCUT2D eigenvalue weighted by atomic mass is 35.5. The van der Waals surface area contributed by atoms with Crippen LogP contribution in [0.15, 0.2) is 39.5 Å². The van der Waals surface area contributed by atoms with E-state index in [9.17, 15) is 4.79 Å². The SMILES string of the molecule is CCc1cc(=O)oc2c3c(c(Cl)cc12)OC[NH+](Cc1ccc(OC)c(OC)c1)C3. The van der Waals surface area contributed by atoms with Crippen molar-refractivity contribution in [1.29, 1.82) is 0 Å². The second kappa shape index (κ2) is 7.97. The quantitative estimate of drug-likeness (QED) is 0.648. The van der Waals surface area contributed by atoms with Crippen molar-refractivity contribution in [3.05, 3.63) is 62.5 Å². The molecule has 4 rings (SSSR count). The first-order valence-electron chi connectivity index (χ1n) is 9.49. The van der Waals surface area contributed by atoms with E-state index in [-0.39, 0.29) is 5.63 Å². The number of ether oxygens (including phenoxy) is 3. The Kier molecular flexibility index (Phi) is 5.39. The summed E-state index contributed by atoms with van der Waals surface area (Å²) >= 11 is 6.49. The molecule has 1 N–H and O–H groups in total. The Morgan fingerprint density at radius 3 is 2.66 bits per heavy atom. The van der Waals surface area contributed by atoms with Gasteiger partial charge in [-0.25, -0.2) is 4.79 Å². The number of hydrogen-bond donors (Lipinski definition) is 1. The first-order valence-corrected chi connectivity index (χ1v) is 9.87. The largest absolute Gasteiger partial charge is 0.493 e. The predicted octanol–water partition coefficient (Wildman–Crippen LogP) is 2.96. The maximum absolute atomic E-state index is 12.1. The first kappa shape index (κ1) is 19.6. The average molecular weight is 417 g/mol. The number of nitrogens with one attached hydrogen (secondary N) is 1. The van der Waals surface area contributed by atoms with E-state index in [1.54, 1.807) is 14.2 Å². The molecule has 2 heterocycles. The minimum atomic E-state index is -0.356. The standard InChI is InChI=1S/C22H22ClNO5/c1-4-14-8-20(25)29-21-15(14)9-17(23)22-16(21)11-24(12-28-22)10-13-5-6-18(26-2)19(7-13)27-3/h5-9H,4,10-12H2,1-3H3/p+1. The van der Waals surface area contributed by atoms with E-state index in [1.165, 1.54) is 6.07 Å². The average Bonchev–Trinajstić information content (AvgIpc) is 2.73. The Morgan fingerprint density at radius 1 is 1.14 bits per heavy atom. The zero-order valence-corrected chi connectivity index (χ0v) is 17.4. The molecule has 3 aromatic rings. The number of halogens is 1. The van der Waals surface area contributed by atoms with Crippen LogP contribution in [0.3, 0.4) is 0 Å². The van der Waals surface area contributed by atoms with Crippen molar-refractivity contribution in [2.45, 2.75) is 26.4 Å². The molecule has 0 radical (unpaired) electrons. The second-order valence-electron chi connectivity index (χ2n) is 7.07. The minimum absolute atomic E-state index is 0.356. The number of benzene rings is 2. The van der Waals surface area contributed by atoms with Gasteiger partial charge in [0.2, 0.25) is 6.73 Å². The van der Waals surface area contributed by atoms with Crippen molar-refractivity contribution >= 4 is 22.6 Å². The van der Waals surface area contributed by atoms with E-state index in [2.05, 4.69) is 0 Å². The fraction of sp³-hybridized carbons (Fsp3) is 0.318. The summed E-state index contributed by atoms with van der Waals surface area (Å²) in [5, 5.41) is 1.41. The summed E-state index contributed by atoms with van der Waals surface area (Å²) in [6.07, 6.45) is 0.723. The third-order valence-corrected chi connectivity index (χ3v) is 5.53. The van der Waals surface area contributed by atoms with Crippen LogP contribution in [0.25, 0.3) is 11.0 Å². The van der Waals surface area contributed by atoms with Crippen molar-refractivity contribution in [3.63, 3.8) is 0 Å². The number of quaternary nitrogens is 1. The Bertz CT molecular complexity index is 1120. The molecule has 1 aromatic heterocycles. The van der Waals surface area contributed by atoms with Gasteiger partial charge in [-0.2, -0.15) is 0 Å². The molecule has 0 bridgehead atoms. The minimum Gasteiger partial charge on any atom is -0.493 e. The van der Waals surface area contributed by atoms with Gasteiger partial charge in [0.15, 0.2) is 22.8 Å². The number of hydrogen-bond acceptors (Lipinski definition) is 5. The zero-order valence-electron chi connectivity index (χ0n) is 16.6. The molecule has 0 amide bonds. The highest BCUT2D eigenvalue weighted by molar-refractivity contribution is 6.33. The maximum Gasteiger partial charge on any atom is 0.336 e. The van der Waals surface area contributed by atoms with E-state index in [1.807, 2.05) is 31.2 Å². The smallest absolute Gasteiger partial charge is 0.336 e. The summed E-state index contributed by atoms with van der Waals surface area (Å²) in [6.45, 7) is 3.82. The first-order chi connectivity index (χ1) is 14.0. The van der Waals surface area contributed by atoms with Crippen LogP contribution in [-0.2, 0) is 19.5 Å². The van der Waals surface area contributed by atoms with Crippen molar-refractivity contribution in [1.82, 2.24) is 0 Å². The second-order valence-corrected chi connectivity index (χ2v) is 7.48. The molecule has 0 saturated heterocycles. The van der Waals surface area contributed by atoms with Gasteiger partial charge in [-0.1, -0.05) is 18.5 Å². The maximum atomic E-state index is 12.1. The van der Waals surface area contributed by atoms with E-state index < -0.39 is 0 Å². The molecule has 6 nitrogen and oxygen atoms in total. The van der Waals surface area contributed by atoms with Gasteiger partial charge in [-0.05, 0) is 36.2 Å². The monoisotopic (exact) mass is 416 g/mol. The number of rotatable bonds is 5. The Morgan fingerprint density at radius 2 is 1.93 bits per heavy atom. The lowest BCUT2D eigenvalue weighted by molar-refractivity contribution is -0.945. The topological polar surface area (TPSA) is 62.3 Å². The number of methoxy groups -OCH3 is 2. The highest BCUT2D eigenvalue weighted by Gasteiger charge is 2.28. The molecule has 1 aliphatic heterocycles. The highest BCUT2D eigenvalue weighted by Crippen LogP contribution is 2.37. The van der Waals surface area contributed by atoms with Crippen LogP contribution in [-0.4, -0.2) is 21.0 Å². The van der Waals surface area contributed by atoms with Crippen molar-refractivity contribution in [2.75, 3.05) is 21.0 Å². The molecular formula is C22H23ClNO5+. The molecule has 0 spiro atoms. The van der Waals surface area contributed by atoms with Crippen molar-refractivity contribution < 1.29 is 23.5 Å². The molecule has 7 heteroatoms. The summed E-state index contributed by atoms with van der Waals surface area (Å²) in [7, 11) is 3.24. The van der Waals surface area contributed by atoms with Gasteiger partial charge in [0, 0.05) is 17.0 Å². The molecule has 1 atom stereocenters.